The van der Waals surface area contributed by atoms with Crippen molar-refractivity contribution >= 4 is 22.4 Å². The summed E-state index contributed by atoms with van der Waals surface area (Å²) < 4.78 is 0. The first-order valence-corrected chi connectivity index (χ1v) is 3.75. The highest BCUT2D eigenvalue weighted by atomic mass is 32.2. The molecule has 0 spiro atoms. The molecule has 0 atom stereocenters. The Balaban J connectivity index is 2.78. The molecule has 0 aromatic rings. The van der Waals surface area contributed by atoms with Crippen LogP contribution in [-0.4, -0.2) is 16.3 Å². The van der Waals surface area contributed by atoms with Gasteiger partial charge in [-0.15, -0.1) is 0 Å². The standard InChI is InChI=1S/C6H10N2S/c1-5-8-6(2,3)7-4-9-5/h4H,1-3H3. The van der Waals surface area contributed by atoms with E-state index in [9.17, 15) is 0 Å². The molecule has 0 saturated carbocycles. The van der Waals surface area contributed by atoms with Crippen molar-refractivity contribution in [2.45, 2.75) is 26.4 Å². The Morgan fingerprint density at radius 1 is 1.56 bits per heavy atom. The number of rotatable bonds is 0. The Bertz CT molecular complexity index is 170. The number of hydrogen-bond donors (Lipinski definition) is 0. The minimum absolute atomic E-state index is 0.213. The zero-order valence-electron chi connectivity index (χ0n) is 5.88. The molecular weight excluding hydrogens is 132 g/mol. The third-order valence-corrected chi connectivity index (χ3v) is 1.67. The van der Waals surface area contributed by atoms with E-state index in [1.54, 1.807) is 11.8 Å². The molecule has 0 aromatic carbocycles. The van der Waals surface area contributed by atoms with Crippen molar-refractivity contribution < 1.29 is 0 Å². The van der Waals surface area contributed by atoms with Crippen molar-refractivity contribution in [2.24, 2.45) is 9.98 Å². The number of thioether (sulfide) groups is 1. The van der Waals surface area contributed by atoms with Gasteiger partial charge in [-0.3, -0.25) is 9.98 Å². The predicted molar refractivity (Wildman–Crippen MR) is 43.3 cm³/mol. The van der Waals surface area contributed by atoms with Crippen molar-refractivity contribution in [3.05, 3.63) is 0 Å². The summed E-state index contributed by atoms with van der Waals surface area (Å²) in [5, 5.41) is 1.09. The van der Waals surface area contributed by atoms with Gasteiger partial charge in [0.05, 0.1) is 10.6 Å². The Kier molecular flexibility index (Phi) is 1.62. The van der Waals surface area contributed by atoms with E-state index in [1.807, 2.05) is 26.3 Å². The van der Waals surface area contributed by atoms with Gasteiger partial charge in [-0.1, -0.05) is 11.8 Å². The summed E-state index contributed by atoms with van der Waals surface area (Å²) in [6, 6.07) is 0. The highest BCUT2D eigenvalue weighted by Gasteiger charge is 2.15. The molecule has 9 heavy (non-hydrogen) atoms. The average Bonchev–Trinajstić information content (AvgIpc) is 1.60. The third-order valence-electron chi connectivity index (χ3n) is 1.02. The molecule has 0 fully saturated rings. The molecule has 0 unspecified atom stereocenters. The van der Waals surface area contributed by atoms with E-state index in [4.69, 9.17) is 0 Å². The van der Waals surface area contributed by atoms with Crippen LogP contribution < -0.4 is 0 Å². The SMILES string of the molecule is CC1=NC(C)(C)N=CS1. The molecule has 1 aliphatic rings. The normalized spacial score (nSPS) is 23.7. The van der Waals surface area contributed by atoms with Crippen molar-refractivity contribution in [3.63, 3.8) is 0 Å². The van der Waals surface area contributed by atoms with Gasteiger partial charge in [-0.2, -0.15) is 0 Å². The Morgan fingerprint density at radius 2 is 2.22 bits per heavy atom. The predicted octanol–water partition coefficient (Wildman–Crippen LogP) is 1.92. The number of nitrogens with zero attached hydrogens (tertiary/aromatic N) is 2. The fourth-order valence-electron chi connectivity index (χ4n) is 0.672. The zero-order chi connectivity index (χ0) is 6.91. The van der Waals surface area contributed by atoms with E-state index in [0.29, 0.717) is 0 Å². The van der Waals surface area contributed by atoms with Crippen LogP contribution in [0.2, 0.25) is 0 Å². The summed E-state index contributed by atoms with van der Waals surface area (Å²) in [5.41, 5.74) is 1.64. The molecule has 2 nitrogen and oxygen atoms in total. The minimum atomic E-state index is -0.213. The molecular formula is C6H10N2S. The van der Waals surface area contributed by atoms with E-state index in [-0.39, 0.29) is 5.66 Å². The monoisotopic (exact) mass is 142 g/mol. The second kappa shape index (κ2) is 2.14. The zero-order valence-corrected chi connectivity index (χ0v) is 6.70. The van der Waals surface area contributed by atoms with Crippen LogP contribution in [0.4, 0.5) is 0 Å². The summed E-state index contributed by atoms with van der Waals surface area (Å²) >= 11 is 1.58. The van der Waals surface area contributed by atoms with Crippen LogP contribution >= 0.6 is 11.8 Å². The van der Waals surface area contributed by atoms with Gasteiger partial charge in [0, 0.05) is 0 Å². The molecule has 1 heterocycles. The van der Waals surface area contributed by atoms with Gasteiger partial charge in [0.25, 0.3) is 0 Å². The number of aliphatic imine (C=N–C) groups is 2. The van der Waals surface area contributed by atoms with Crippen LogP contribution in [0.1, 0.15) is 20.8 Å². The first-order valence-electron chi connectivity index (χ1n) is 2.87. The molecule has 0 bridgehead atoms. The van der Waals surface area contributed by atoms with Crippen LogP contribution in [0.5, 0.6) is 0 Å². The van der Waals surface area contributed by atoms with Crippen LogP contribution in [0.15, 0.2) is 9.98 Å². The molecule has 50 valence electrons. The van der Waals surface area contributed by atoms with Crippen LogP contribution in [-0.2, 0) is 0 Å². The summed E-state index contributed by atoms with van der Waals surface area (Å²) in [5.74, 6) is 0. The molecule has 0 N–H and O–H groups in total. The van der Waals surface area contributed by atoms with E-state index in [2.05, 4.69) is 9.98 Å². The lowest BCUT2D eigenvalue weighted by atomic mass is 10.3. The van der Waals surface area contributed by atoms with Crippen molar-refractivity contribution in [1.29, 1.82) is 0 Å². The maximum atomic E-state index is 4.30. The smallest absolute Gasteiger partial charge is 0.146 e. The lowest BCUT2D eigenvalue weighted by Crippen LogP contribution is -2.17. The Morgan fingerprint density at radius 3 is 2.56 bits per heavy atom. The minimum Gasteiger partial charge on any atom is -0.257 e. The van der Waals surface area contributed by atoms with Crippen molar-refractivity contribution in [3.8, 4) is 0 Å². The largest absolute Gasteiger partial charge is 0.257 e. The van der Waals surface area contributed by atoms with Crippen molar-refractivity contribution in [1.82, 2.24) is 0 Å². The fourth-order valence-corrected chi connectivity index (χ4v) is 1.41. The molecule has 3 heteroatoms. The summed E-state index contributed by atoms with van der Waals surface area (Å²) in [4.78, 5) is 8.46. The fraction of sp³-hybridized carbons (Fsp3) is 0.667. The second-order valence-electron chi connectivity index (χ2n) is 2.48. The lowest BCUT2D eigenvalue weighted by molar-refractivity contribution is 0.558. The first-order chi connectivity index (χ1) is 4.10. The average molecular weight is 142 g/mol. The molecule has 0 aliphatic carbocycles. The molecule has 0 radical (unpaired) electrons. The second-order valence-corrected chi connectivity index (χ2v) is 3.51. The van der Waals surface area contributed by atoms with E-state index in [0.717, 1.165) is 5.04 Å². The molecule has 0 aromatic heterocycles. The van der Waals surface area contributed by atoms with Gasteiger partial charge in [-0.25, -0.2) is 0 Å². The summed E-state index contributed by atoms with van der Waals surface area (Å²) in [6.45, 7) is 5.98. The van der Waals surface area contributed by atoms with Crippen LogP contribution in [0.25, 0.3) is 0 Å². The maximum Gasteiger partial charge on any atom is 0.146 e. The molecule has 0 amide bonds. The molecule has 1 rings (SSSR count). The topological polar surface area (TPSA) is 24.7 Å². The Hall–Kier alpha value is -0.310. The first kappa shape index (κ1) is 6.81. The lowest BCUT2D eigenvalue weighted by Gasteiger charge is -2.17. The molecule has 0 saturated heterocycles. The van der Waals surface area contributed by atoms with Gasteiger partial charge in [0.1, 0.15) is 5.66 Å². The van der Waals surface area contributed by atoms with Gasteiger partial charge in [0.2, 0.25) is 0 Å². The quantitative estimate of drug-likeness (QED) is 0.507. The Labute approximate surface area is 59.5 Å². The molecule has 1 aliphatic heterocycles. The summed E-state index contributed by atoms with van der Waals surface area (Å²) in [7, 11) is 0. The highest BCUT2D eigenvalue weighted by molar-refractivity contribution is 8.25. The van der Waals surface area contributed by atoms with E-state index >= 15 is 0 Å². The van der Waals surface area contributed by atoms with Crippen molar-refractivity contribution in [2.75, 3.05) is 0 Å². The third kappa shape index (κ3) is 1.82. The van der Waals surface area contributed by atoms with Gasteiger partial charge >= 0.3 is 0 Å². The van der Waals surface area contributed by atoms with Crippen LogP contribution in [0.3, 0.4) is 0 Å². The van der Waals surface area contributed by atoms with E-state index < -0.39 is 0 Å². The van der Waals surface area contributed by atoms with Gasteiger partial charge < -0.3 is 0 Å². The maximum absolute atomic E-state index is 4.30. The highest BCUT2D eigenvalue weighted by Crippen LogP contribution is 2.18. The van der Waals surface area contributed by atoms with Gasteiger partial charge in [0.15, 0.2) is 0 Å². The summed E-state index contributed by atoms with van der Waals surface area (Å²) in [6.07, 6.45) is 0. The number of hydrogen-bond acceptors (Lipinski definition) is 3. The van der Waals surface area contributed by atoms with E-state index in [1.165, 1.54) is 0 Å². The van der Waals surface area contributed by atoms with Gasteiger partial charge in [-0.05, 0) is 20.8 Å². The van der Waals surface area contributed by atoms with Crippen LogP contribution in [0, 0.1) is 0 Å².